The van der Waals surface area contributed by atoms with Crippen LogP contribution < -0.4 is 10.5 Å². The van der Waals surface area contributed by atoms with Crippen LogP contribution in [0.1, 0.15) is 12.5 Å². The van der Waals surface area contributed by atoms with Gasteiger partial charge in [0.2, 0.25) is 0 Å². The highest BCUT2D eigenvalue weighted by Gasteiger charge is 2.09. The van der Waals surface area contributed by atoms with E-state index in [1.165, 1.54) is 0 Å². The number of nitrogens with two attached hydrogens (primary N) is 1. The van der Waals surface area contributed by atoms with Gasteiger partial charge in [-0.05, 0) is 24.4 Å². The van der Waals surface area contributed by atoms with Gasteiger partial charge in [0, 0.05) is 11.3 Å². The maximum absolute atomic E-state index is 5.97. The molecule has 6 heteroatoms. The number of rotatable bonds is 5. The summed E-state index contributed by atoms with van der Waals surface area (Å²) in [5.41, 5.74) is 7.10. The lowest BCUT2D eigenvalue weighted by molar-refractivity contribution is 0.337. The highest BCUT2D eigenvalue weighted by molar-refractivity contribution is 7.98. The number of hydrogen-bond acceptors (Lipinski definition) is 6. The third-order valence-corrected chi connectivity index (χ3v) is 4.67. The molecule has 3 rings (SSSR count). The summed E-state index contributed by atoms with van der Waals surface area (Å²) in [6.45, 7) is 2.64. The minimum absolute atomic E-state index is 0.543. The van der Waals surface area contributed by atoms with Crippen molar-refractivity contribution in [3.05, 3.63) is 41.3 Å². The van der Waals surface area contributed by atoms with E-state index in [1.54, 1.807) is 23.1 Å². The fourth-order valence-corrected chi connectivity index (χ4v) is 3.66. The number of nitrogens with zero attached hydrogens (tertiary/aromatic N) is 2. The zero-order chi connectivity index (χ0) is 14.7. The minimum Gasteiger partial charge on any atom is -0.494 e. The number of benzene rings is 1. The molecular weight excluding hydrogens is 302 g/mol. The Morgan fingerprint density at radius 2 is 2.10 bits per heavy atom. The zero-order valence-electron chi connectivity index (χ0n) is 11.6. The summed E-state index contributed by atoms with van der Waals surface area (Å²) in [5, 5.41) is 3.61. The van der Waals surface area contributed by atoms with Gasteiger partial charge in [-0.25, -0.2) is 9.97 Å². The van der Waals surface area contributed by atoms with Crippen molar-refractivity contribution < 1.29 is 4.74 Å². The molecule has 0 fully saturated rings. The summed E-state index contributed by atoms with van der Waals surface area (Å²) >= 11 is 3.15. The van der Waals surface area contributed by atoms with Gasteiger partial charge in [-0.2, -0.15) is 0 Å². The highest BCUT2D eigenvalue weighted by atomic mass is 32.2. The fourth-order valence-electron chi connectivity index (χ4n) is 1.98. The van der Waals surface area contributed by atoms with E-state index in [4.69, 9.17) is 10.5 Å². The average Bonchev–Trinajstić information content (AvgIpc) is 2.96. The Balaban J connectivity index is 1.80. The standard InChI is InChI=1S/C15H15N3OS2/c1-2-19-12-6-4-3-5-10(12)9-21-15-17-13(16)11-7-8-20-14(11)18-15/h3-8H,2,9H2,1H3,(H2,16,17,18). The molecule has 2 N–H and O–H groups in total. The maximum atomic E-state index is 5.97. The van der Waals surface area contributed by atoms with Crippen molar-refractivity contribution in [3.63, 3.8) is 0 Å². The zero-order valence-corrected chi connectivity index (χ0v) is 13.2. The van der Waals surface area contributed by atoms with Gasteiger partial charge in [0.15, 0.2) is 5.16 Å². The number of nitrogen functional groups attached to an aromatic ring is 1. The van der Waals surface area contributed by atoms with E-state index in [0.29, 0.717) is 17.6 Å². The number of thioether (sulfide) groups is 1. The first-order valence-corrected chi connectivity index (χ1v) is 8.48. The summed E-state index contributed by atoms with van der Waals surface area (Å²) in [6.07, 6.45) is 0. The quantitative estimate of drug-likeness (QED) is 0.570. The van der Waals surface area contributed by atoms with Gasteiger partial charge in [0.1, 0.15) is 16.4 Å². The SMILES string of the molecule is CCOc1ccccc1CSc1nc(N)c2ccsc2n1. The maximum Gasteiger partial charge on any atom is 0.191 e. The van der Waals surface area contributed by atoms with Crippen molar-refractivity contribution in [1.29, 1.82) is 0 Å². The van der Waals surface area contributed by atoms with Crippen LogP contribution >= 0.6 is 23.1 Å². The van der Waals surface area contributed by atoms with E-state index in [1.807, 2.05) is 36.6 Å². The predicted molar refractivity (Wildman–Crippen MR) is 89.0 cm³/mol. The van der Waals surface area contributed by atoms with E-state index in [2.05, 4.69) is 16.0 Å². The lowest BCUT2D eigenvalue weighted by atomic mass is 10.2. The largest absolute Gasteiger partial charge is 0.494 e. The van der Waals surface area contributed by atoms with Crippen LogP contribution in [0.4, 0.5) is 5.82 Å². The van der Waals surface area contributed by atoms with Crippen LogP contribution in [0.3, 0.4) is 0 Å². The normalized spacial score (nSPS) is 10.9. The Labute approximate surface area is 131 Å². The Morgan fingerprint density at radius 3 is 2.95 bits per heavy atom. The molecule has 2 aromatic heterocycles. The molecule has 1 aromatic carbocycles. The number of fused-ring (bicyclic) bond motifs is 1. The topological polar surface area (TPSA) is 61.0 Å². The molecule has 0 unspecified atom stereocenters. The van der Waals surface area contributed by atoms with Crippen molar-refractivity contribution in [3.8, 4) is 5.75 Å². The van der Waals surface area contributed by atoms with Crippen LogP contribution in [0.25, 0.3) is 10.2 Å². The first-order chi connectivity index (χ1) is 10.3. The second-order valence-electron chi connectivity index (χ2n) is 4.36. The molecule has 0 aliphatic rings. The molecule has 3 aromatic rings. The first kappa shape index (κ1) is 14.2. The van der Waals surface area contributed by atoms with Gasteiger partial charge in [0.05, 0.1) is 12.0 Å². The lowest BCUT2D eigenvalue weighted by Crippen LogP contribution is -1.97. The molecule has 21 heavy (non-hydrogen) atoms. The van der Waals surface area contributed by atoms with Crippen LogP contribution in [0, 0.1) is 0 Å². The summed E-state index contributed by atoms with van der Waals surface area (Å²) in [4.78, 5) is 9.83. The summed E-state index contributed by atoms with van der Waals surface area (Å²) < 4.78 is 5.63. The molecule has 0 radical (unpaired) electrons. The van der Waals surface area contributed by atoms with Gasteiger partial charge in [-0.3, -0.25) is 0 Å². The Morgan fingerprint density at radius 1 is 1.24 bits per heavy atom. The highest BCUT2D eigenvalue weighted by Crippen LogP contribution is 2.30. The number of thiophene rings is 1. The molecule has 0 atom stereocenters. The smallest absolute Gasteiger partial charge is 0.191 e. The molecule has 2 heterocycles. The summed E-state index contributed by atoms with van der Waals surface area (Å²) in [5.74, 6) is 2.21. The van der Waals surface area contributed by atoms with Crippen LogP contribution in [-0.2, 0) is 5.75 Å². The third-order valence-electron chi connectivity index (χ3n) is 2.96. The van der Waals surface area contributed by atoms with E-state index < -0.39 is 0 Å². The molecular formula is C15H15N3OS2. The van der Waals surface area contributed by atoms with Crippen LogP contribution in [0.2, 0.25) is 0 Å². The summed E-state index contributed by atoms with van der Waals surface area (Å²) in [7, 11) is 0. The molecule has 4 nitrogen and oxygen atoms in total. The average molecular weight is 317 g/mol. The van der Waals surface area contributed by atoms with Crippen LogP contribution in [-0.4, -0.2) is 16.6 Å². The molecule has 108 valence electrons. The lowest BCUT2D eigenvalue weighted by Gasteiger charge is -2.09. The van der Waals surface area contributed by atoms with Crippen molar-refractivity contribution in [2.75, 3.05) is 12.3 Å². The van der Waals surface area contributed by atoms with E-state index in [-0.39, 0.29) is 0 Å². The van der Waals surface area contributed by atoms with Gasteiger partial charge in [-0.15, -0.1) is 11.3 Å². The van der Waals surface area contributed by atoms with E-state index >= 15 is 0 Å². The molecule has 0 saturated carbocycles. The summed E-state index contributed by atoms with van der Waals surface area (Å²) in [6, 6.07) is 9.98. The van der Waals surface area contributed by atoms with Gasteiger partial charge in [-0.1, -0.05) is 30.0 Å². The molecule has 0 bridgehead atoms. The number of anilines is 1. The van der Waals surface area contributed by atoms with Gasteiger partial charge >= 0.3 is 0 Å². The van der Waals surface area contributed by atoms with E-state index in [9.17, 15) is 0 Å². The minimum atomic E-state index is 0.543. The number of para-hydroxylation sites is 1. The number of hydrogen-bond donors (Lipinski definition) is 1. The Kier molecular flexibility index (Phi) is 4.26. The second-order valence-corrected chi connectivity index (χ2v) is 6.20. The Bertz CT molecular complexity index is 758. The molecule has 0 amide bonds. The van der Waals surface area contributed by atoms with Crippen molar-refractivity contribution in [2.24, 2.45) is 0 Å². The number of aromatic nitrogens is 2. The van der Waals surface area contributed by atoms with Crippen LogP contribution in [0.15, 0.2) is 40.9 Å². The second kappa shape index (κ2) is 6.32. The van der Waals surface area contributed by atoms with Gasteiger partial charge < -0.3 is 10.5 Å². The Hall–Kier alpha value is -1.79. The molecule has 0 aliphatic carbocycles. The third kappa shape index (κ3) is 3.11. The van der Waals surface area contributed by atoms with Crippen molar-refractivity contribution >= 4 is 39.1 Å². The van der Waals surface area contributed by atoms with Crippen LogP contribution in [0.5, 0.6) is 5.75 Å². The number of ether oxygens (including phenoxy) is 1. The van der Waals surface area contributed by atoms with Crippen molar-refractivity contribution in [2.45, 2.75) is 17.8 Å². The molecule has 0 aliphatic heterocycles. The van der Waals surface area contributed by atoms with Crippen molar-refractivity contribution in [1.82, 2.24) is 9.97 Å². The van der Waals surface area contributed by atoms with Gasteiger partial charge in [0.25, 0.3) is 0 Å². The molecule has 0 spiro atoms. The predicted octanol–water partition coefficient (Wildman–Crippen LogP) is 3.96. The molecule has 0 saturated heterocycles. The van der Waals surface area contributed by atoms with E-state index in [0.717, 1.165) is 27.3 Å². The fraction of sp³-hybridized carbons (Fsp3) is 0.200. The monoisotopic (exact) mass is 317 g/mol. The first-order valence-electron chi connectivity index (χ1n) is 6.62.